The fourth-order valence-electron chi connectivity index (χ4n) is 7.41. The van der Waals surface area contributed by atoms with Crippen molar-refractivity contribution in [3.05, 3.63) is 188 Å². The van der Waals surface area contributed by atoms with Crippen LogP contribution in [0.4, 0.5) is 17.1 Å². The number of benzene rings is 8. The topological polar surface area (TPSA) is 29.5 Å². The van der Waals surface area contributed by atoms with Crippen molar-refractivity contribution < 1.29 is 8.83 Å². The minimum atomic E-state index is 0.789. The number of fused-ring (bicyclic) bond motifs is 7. The average molecular weight is 654 g/mol. The summed E-state index contributed by atoms with van der Waals surface area (Å²) in [6.07, 6.45) is 0. The lowest BCUT2D eigenvalue weighted by Gasteiger charge is -2.28. The third-order valence-electron chi connectivity index (χ3n) is 9.88. The van der Waals surface area contributed by atoms with E-state index in [2.05, 4.69) is 175 Å². The van der Waals surface area contributed by atoms with Crippen LogP contribution in [0.3, 0.4) is 0 Å². The van der Waals surface area contributed by atoms with Gasteiger partial charge in [-0.3, -0.25) is 0 Å². The van der Waals surface area contributed by atoms with Gasteiger partial charge in [-0.2, -0.15) is 0 Å². The van der Waals surface area contributed by atoms with E-state index in [0.29, 0.717) is 0 Å². The SMILES string of the molecule is c1ccc(-c2cccc(N(c3ccc(-c4ccc5oc6c(ccc7c8ccccc8oc76)c5c4)cc3)c3ccccc3-c3ccccc3)c2)cc1. The lowest BCUT2D eigenvalue weighted by Crippen LogP contribution is -2.11. The molecule has 10 rings (SSSR count). The first-order chi connectivity index (χ1) is 25.3. The van der Waals surface area contributed by atoms with Gasteiger partial charge in [-0.1, -0.05) is 127 Å². The van der Waals surface area contributed by atoms with Crippen LogP contribution in [0, 0.1) is 0 Å². The van der Waals surface area contributed by atoms with Crippen molar-refractivity contribution in [3.63, 3.8) is 0 Å². The minimum absolute atomic E-state index is 0.789. The number of nitrogens with zero attached hydrogens (tertiary/aromatic N) is 1. The standard InChI is InChI=1S/C48H31NO2/c1-3-12-32(13-4-1)35-16-11-17-38(30-35)49(44-20-9-7-18-39(44)34-14-5-2-6-15-34)37-25-22-33(23-26-37)36-24-29-46-43(31-36)42-28-27-41-40-19-8-10-21-45(40)50-47(41)48(42)51-46/h1-31H. The number of hydrogen-bond acceptors (Lipinski definition) is 3. The molecule has 0 saturated carbocycles. The molecule has 0 fully saturated rings. The van der Waals surface area contributed by atoms with E-state index < -0.39 is 0 Å². The Kier molecular flexibility index (Phi) is 6.81. The molecule has 0 aliphatic rings. The van der Waals surface area contributed by atoms with Crippen molar-refractivity contribution in [2.24, 2.45) is 0 Å². The van der Waals surface area contributed by atoms with Crippen LogP contribution in [-0.2, 0) is 0 Å². The molecule has 2 heterocycles. The third-order valence-corrected chi connectivity index (χ3v) is 9.88. The third kappa shape index (κ3) is 4.98. The molecule has 0 radical (unpaired) electrons. The quantitative estimate of drug-likeness (QED) is 0.179. The van der Waals surface area contributed by atoms with Gasteiger partial charge in [0, 0.05) is 38.5 Å². The molecule has 0 aliphatic heterocycles. The summed E-state index contributed by atoms with van der Waals surface area (Å²) in [4.78, 5) is 2.36. The van der Waals surface area contributed by atoms with E-state index >= 15 is 0 Å². The van der Waals surface area contributed by atoms with Crippen molar-refractivity contribution in [1.82, 2.24) is 0 Å². The van der Waals surface area contributed by atoms with E-state index in [1.165, 1.54) is 22.3 Å². The van der Waals surface area contributed by atoms with Gasteiger partial charge in [0.1, 0.15) is 11.2 Å². The number of hydrogen-bond donors (Lipinski definition) is 0. The number of anilines is 3. The summed E-state index contributed by atoms with van der Waals surface area (Å²) in [5.74, 6) is 0. The molecule has 0 N–H and O–H groups in total. The van der Waals surface area contributed by atoms with Gasteiger partial charge < -0.3 is 13.7 Å². The Morgan fingerprint density at radius 2 is 0.882 bits per heavy atom. The maximum Gasteiger partial charge on any atom is 0.178 e. The van der Waals surface area contributed by atoms with Gasteiger partial charge in [-0.25, -0.2) is 0 Å². The Morgan fingerprint density at radius 1 is 0.314 bits per heavy atom. The zero-order chi connectivity index (χ0) is 33.7. The summed E-state index contributed by atoms with van der Waals surface area (Å²) in [5.41, 5.74) is 13.6. The van der Waals surface area contributed by atoms with E-state index in [4.69, 9.17) is 8.83 Å². The molecule has 0 unspecified atom stereocenters. The van der Waals surface area contributed by atoms with E-state index in [0.717, 1.165) is 72.1 Å². The average Bonchev–Trinajstić information content (AvgIpc) is 3.78. The van der Waals surface area contributed by atoms with Crippen LogP contribution < -0.4 is 4.90 Å². The molecule has 0 aliphatic carbocycles. The van der Waals surface area contributed by atoms with Crippen molar-refractivity contribution >= 4 is 60.9 Å². The first-order valence-electron chi connectivity index (χ1n) is 17.3. The van der Waals surface area contributed by atoms with Gasteiger partial charge >= 0.3 is 0 Å². The fourth-order valence-corrected chi connectivity index (χ4v) is 7.41. The van der Waals surface area contributed by atoms with Gasteiger partial charge in [0.25, 0.3) is 0 Å². The molecular weight excluding hydrogens is 623 g/mol. The van der Waals surface area contributed by atoms with Crippen LogP contribution in [0.5, 0.6) is 0 Å². The lowest BCUT2D eigenvalue weighted by atomic mass is 9.99. The fraction of sp³-hybridized carbons (Fsp3) is 0. The minimum Gasteiger partial charge on any atom is -0.452 e. The molecule has 8 aromatic carbocycles. The smallest absolute Gasteiger partial charge is 0.178 e. The van der Waals surface area contributed by atoms with Crippen molar-refractivity contribution in [1.29, 1.82) is 0 Å². The lowest BCUT2D eigenvalue weighted by molar-refractivity contribution is 0.633. The molecule has 10 aromatic rings. The molecule has 51 heavy (non-hydrogen) atoms. The van der Waals surface area contributed by atoms with Gasteiger partial charge in [-0.05, 0) is 88.5 Å². The Hall–Kier alpha value is -6.84. The van der Waals surface area contributed by atoms with Crippen LogP contribution >= 0.6 is 0 Å². The van der Waals surface area contributed by atoms with Crippen LogP contribution in [0.1, 0.15) is 0 Å². The Labute approximate surface area is 295 Å². The Balaban J connectivity index is 1.08. The second-order valence-electron chi connectivity index (χ2n) is 12.9. The predicted molar refractivity (Wildman–Crippen MR) is 212 cm³/mol. The highest BCUT2D eigenvalue weighted by molar-refractivity contribution is 6.19. The van der Waals surface area contributed by atoms with E-state index in [-0.39, 0.29) is 0 Å². The number of furan rings is 2. The Bertz CT molecular complexity index is 2850. The summed E-state index contributed by atoms with van der Waals surface area (Å²) >= 11 is 0. The highest BCUT2D eigenvalue weighted by Crippen LogP contribution is 2.43. The maximum atomic E-state index is 6.42. The summed E-state index contributed by atoms with van der Waals surface area (Å²) in [6, 6.07) is 66.4. The molecule has 0 atom stereocenters. The second-order valence-corrected chi connectivity index (χ2v) is 12.9. The molecule has 0 saturated heterocycles. The van der Waals surface area contributed by atoms with Crippen LogP contribution in [0.25, 0.3) is 77.3 Å². The maximum absolute atomic E-state index is 6.42. The van der Waals surface area contributed by atoms with Gasteiger partial charge in [-0.15, -0.1) is 0 Å². The largest absolute Gasteiger partial charge is 0.452 e. The van der Waals surface area contributed by atoms with E-state index in [1.54, 1.807) is 0 Å². The summed E-state index contributed by atoms with van der Waals surface area (Å²) in [5, 5.41) is 4.30. The summed E-state index contributed by atoms with van der Waals surface area (Å²) in [6.45, 7) is 0. The van der Waals surface area contributed by atoms with Crippen LogP contribution in [0.2, 0.25) is 0 Å². The second kappa shape index (κ2) is 11.9. The molecule has 240 valence electrons. The Morgan fingerprint density at radius 3 is 1.67 bits per heavy atom. The predicted octanol–water partition coefficient (Wildman–Crippen LogP) is 14.0. The molecule has 0 bridgehead atoms. The molecular formula is C48H31NO2. The first kappa shape index (κ1) is 29.1. The summed E-state index contributed by atoms with van der Waals surface area (Å²) in [7, 11) is 0. The normalized spacial score (nSPS) is 11.5. The molecule has 3 heteroatoms. The monoisotopic (exact) mass is 653 g/mol. The van der Waals surface area contributed by atoms with Crippen molar-refractivity contribution in [3.8, 4) is 33.4 Å². The van der Waals surface area contributed by atoms with E-state index in [9.17, 15) is 0 Å². The first-order valence-corrected chi connectivity index (χ1v) is 17.3. The molecule has 0 amide bonds. The van der Waals surface area contributed by atoms with Crippen molar-refractivity contribution in [2.75, 3.05) is 4.90 Å². The van der Waals surface area contributed by atoms with Crippen LogP contribution in [0.15, 0.2) is 197 Å². The van der Waals surface area contributed by atoms with Crippen molar-refractivity contribution in [2.45, 2.75) is 0 Å². The van der Waals surface area contributed by atoms with Gasteiger partial charge in [0.15, 0.2) is 11.2 Å². The van der Waals surface area contributed by atoms with Gasteiger partial charge in [0.2, 0.25) is 0 Å². The number of rotatable bonds is 6. The molecule has 0 spiro atoms. The van der Waals surface area contributed by atoms with Gasteiger partial charge in [0.05, 0.1) is 5.69 Å². The zero-order valence-corrected chi connectivity index (χ0v) is 27.7. The highest BCUT2D eigenvalue weighted by Gasteiger charge is 2.19. The number of para-hydroxylation sites is 2. The molecule has 2 aromatic heterocycles. The van der Waals surface area contributed by atoms with Crippen LogP contribution in [-0.4, -0.2) is 0 Å². The summed E-state index contributed by atoms with van der Waals surface area (Å²) < 4.78 is 12.7. The zero-order valence-electron chi connectivity index (χ0n) is 27.7. The highest BCUT2D eigenvalue weighted by atomic mass is 16.4. The molecule has 3 nitrogen and oxygen atoms in total. The van der Waals surface area contributed by atoms with E-state index in [1.807, 2.05) is 18.2 Å².